The van der Waals surface area contributed by atoms with Gasteiger partial charge in [-0.05, 0) is 115 Å². The zero-order valence-electron chi connectivity index (χ0n) is 38.7. The highest BCUT2D eigenvalue weighted by Crippen LogP contribution is 2.31. The third kappa shape index (κ3) is 26.4. The van der Waals surface area contributed by atoms with Gasteiger partial charge in [0.1, 0.15) is 11.2 Å². The molecule has 10 heteroatoms. The SMILES string of the molecule is CCCCCCCCOc1cc(/C=C/C(=O)CC(=O)/C=C/c2ccc(OCCCC(=O)OC(C)(C)C)c(OCCCCCCCC)c2)ccc1OCCCC(=O)OC(C)(C)C. The summed E-state index contributed by atoms with van der Waals surface area (Å²) in [4.78, 5) is 50.0. The molecule has 0 aromatic heterocycles. The van der Waals surface area contributed by atoms with E-state index in [-0.39, 0.29) is 42.8 Å². The predicted octanol–water partition coefficient (Wildman–Crippen LogP) is 12.4. The summed E-state index contributed by atoms with van der Waals surface area (Å²) in [6.45, 7) is 17.2. The molecule has 0 heterocycles. The highest BCUT2D eigenvalue weighted by Gasteiger charge is 2.17. The van der Waals surface area contributed by atoms with Crippen LogP contribution in [0.15, 0.2) is 48.6 Å². The van der Waals surface area contributed by atoms with Crippen molar-refractivity contribution in [2.45, 2.75) is 176 Å². The van der Waals surface area contributed by atoms with E-state index in [0.717, 1.165) is 36.8 Å². The molecule has 2 rings (SSSR count). The molecule has 2 aromatic carbocycles. The quantitative estimate of drug-likeness (QED) is 0.0304. The van der Waals surface area contributed by atoms with E-state index in [0.29, 0.717) is 62.3 Å². The maximum atomic E-state index is 12.9. The van der Waals surface area contributed by atoms with Crippen molar-refractivity contribution >= 4 is 35.7 Å². The highest BCUT2D eigenvalue weighted by atomic mass is 16.6. The van der Waals surface area contributed by atoms with Crippen molar-refractivity contribution in [3.8, 4) is 23.0 Å². The van der Waals surface area contributed by atoms with Crippen LogP contribution in [0.2, 0.25) is 0 Å². The number of hydrogen-bond donors (Lipinski definition) is 0. The summed E-state index contributed by atoms with van der Waals surface area (Å²) in [6.07, 6.45) is 21.0. The van der Waals surface area contributed by atoms with Crippen LogP contribution in [-0.4, -0.2) is 61.1 Å². The smallest absolute Gasteiger partial charge is 0.306 e. The molecule has 0 saturated heterocycles. The van der Waals surface area contributed by atoms with Gasteiger partial charge in [0.15, 0.2) is 34.6 Å². The minimum Gasteiger partial charge on any atom is -0.490 e. The van der Waals surface area contributed by atoms with E-state index in [1.54, 1.807) is 24.3 Å². The highest BCUT2D eigenvalue weighted by molar-refractivity contribution is 6.10. The molecule has 0 fully saturated rings. The van der Waals surface area contributed by atoms with E-state index >= 15 is 0 Å². The number of ether oxygens (including phenoxy) is 6. The van der Waals surface area contributed by atoms with Gasteiger partial charge in [-0.1, -0.05) is 102 Å². The summed E-state index contributed by atoms with van der Waals surface area (Å²) in [7, 11) is 0. The van der Waals surface area contributed by atoms with Crippen LogP contribution in [0.25, 0.3) is 12.2 Å². The summed E-state index contributed by atoms with van der Waals surface area (Å²) in [5.41, 5.74) is 0.399. The van der Waals surface area contributed by atoms with Crippen LogP contribution >= 0.6 is 0 Å². The average molecular weight is 849 g/mol. The van der Waals surface area contributed by atoms with E-state index < -0.39 is 11.2 Å². The van der Waals surface area contributed by atoms with E-state index in [2.05, 4.69) is 13.8 Å². The number of unbranched alkanes of at least 4 members (excludes halogenated alkanes) is 10. The van der Waals surface area contributed by atoms with Crippen molar-refractivity contribution in [3.63, 3.8) is 0 Å². The molecule has 0 saturated carbocycles. The molecule has 0 aliphatic heterocycles. The summed E-state index contributed by atoms with van der Waals surface area (Å²) in [6, 6.07) is 10.9. The van der Waals surface area contributed by atoms with Gasteiger partial charge in [-0.2, -0.15) is 0 Å². The largest absolute Gasteiger partial charge is 0.490 e. The van der Waals surface area contributed by atoms with E-state index in [4.69, 9.17) is 28.4 Å². The molecular weight excluding hydrogens is 773 g/mol. The third-order valence-corrected chi connectivity index (χ3v) is 9.12. The fourth-order valence-electron chi connectivity index (χ4n) is 6.10. The summed E-state index contributed by atoms with van der Waals surface area (Å²) >= 11 is 0. The first-order chi connectivity index (χ1) is 29.1. The van der Waals surface area contributed by atoms with E-state index in [9.17, 15) is 19.2 Å². The molecule has 0 amide bonds. The molecule has 0 aliphatic rings. The Bertz CT molecular complexity index is 1540. The van der Waals surface area contributed by atoms with Crippen LogP contribution < -0.4 is 18.9 Å². The van der Waals surface area contributed by atoms with Crippen molar-refractivity contribution in [1.29, 1.82) is 0 Å². The average Bonchev–Trinajstić information content (AvgIpc) is 3.18. The Balaban J connectivity index is 2.04. The van der Waals surface area contributed by atoms with Gasteiger partial charge in [0, 0.05) is 12.8 Å². The first kappa shape index (κ1) is 52.5. The number of carbonyl (C=O) groups excluding carboxylic acids is 4. The topological polar surface area (TPSA) is 124 Å². The maximum Gasteiger partial charge on any atom is 0.306 e. The number of carbonyl (C=O) groups is 4. The van der Waals surface area contributed by atoms with E-state index in [1.807, 2.05) is 65.8 Å². The number of ketones is 2. The molecule has 0 radical (unpaired) electrons. The lowest BCUT2D eigenvalue weighted by Gasteiger charge is -2.19. The second-order valence-corrected chi connectivity index (χ2v) is 17.5. The number of esters is 2. The lowest BCUT2D eigenvalue weighted by Crippen LogP contribution is -2.24. The first-order valence-electron chi connectivity index (χ1n) is 22.7. The third-order valence-electron chi connectivity index (χ3n) is 9.12. The van der Waals surface area contributed by atoms with Crippen molar-refractivity contribution in [2.75, 3.05) is 26.4 Å². The Morgan fingerprint density at radius 2 is 0.803 bits per heavy atom. The monoisotopic (exact) mass is 849 g/mol. The molecule has 340 valence electrons. The van der Waals surface area contributed by atoms with Crippen LogP contribution in [0, 0.1) is 0 Å². The number of rotatable bonds is 32. The Kier molecular flexibility index (Phi) is 25.5. The molecule has 0 spiro atoms. The molecule has 61 heavy (non-hydrogen) atoms. The van der Waals surface area contributed by atoms with Crippen molar-refractivity contribution in [1.82, 2.24) is 0 Å². The van der Waals surface area contributed by atoms with Gasteiger partial charge in [0.05, 0.1) is 32.8 Å². The van der Waals surface area contributed by atoms with Crippen molar-refractivity contribution in [2.24, 2.45) is 0 Å². The Labute approximate surface area is 367 Å². The van der Waals surface area contributed by atoms with Gasteiger partial charge >= 0.3 is 11.9 Å². The summed E-state index contributed by atoms with van der Waals surface area (Å²) < 4.78 is 35.1. The normalized spacial score (nSPS) is 11.8. The van der Waals surface area contributed by atoms with Gasteiger partial charge in [0.25, 0.3) is 0 Å². The van der Waals surface area contributed by atoms with Crippen LogP contribution in [0.1, 0.15) is 176 Å². The Morgan fingerprint density at radius 3 is 1.18 bits per heavy atom. The molecule has 0 aliphatic carbocycles. The molecule has 10 nitrogen and oxygen atoms in total. The van der Waals surface area contributed by atoms with E-state index in [1.165, 1.54) is 63.5 Å². The predicted molar refractivity (Wildman–Crippen MR) is 244 cm³/mol. The van der Waals surface area contributed by atoms with Crippen molar-refractivity contribution in [3.05, 3.63) is 59.7 Å². The maximum absolute atomic E-state index is 12.9. The fraction of sp³-hybridized carbons (Fsp3) is 0.608. The standard InChI is InChI=1S/C51H76O10/c1-9-11-13-15-17-19-33-58-46-37-40(27-31-44(46)56-35-21-23-48(54)60-50(3,4)5)25-29-42(52)39-43(53)30-26-41-28-32-45(57-36-22-24-49(55)61-51(6,7)8)47(38-41)59-34-20-18-16-14-12-10-2/h25-32,37-38H,9-24,33-36,39H2,1-8H3/b29-25+,30-26+. The Hall–Kier alpha value is -4.60. The molecule has 2 aromatic rings. The van der Waals surface area contributed by atoms with Gasteiger partial charge < -0.3 is 28.4 Å². The van der Waals surface area contributed by atoms with Crippen LogP contribution in [0.5, 0.6) is 23.0 Å². The Morgan fingerprint density at radius 1 is 0.459 bits per heavy atom. The minimum absolute atomic E-state index is 0.248. The van der Waals surface area contributed by atoms with Crippen LogP contribution in [-0.2, 0) is 28.7 Å². The first-order valence-corrected chi connectivity index (χ1v) is 22.7. The molecule has 0 atom stereocenters. The second-order valence-electron chi connectivity index (χ2n) is 17.5. The zero-order chi connectivity index (χ0) is 44.9. The zero-order valence-corrected chi connectivity index (χ0v) is 38.7. The number of allylic oxidation sites excluding steroid dienone is 2. The van der Waals surface area contributed by atoms with Gasteiger partial charge in [-0.25, -0.2) is 0 Å². The second kappa shape index (κ2) is 29.6. The van der Waals surface area contributed by atoms with Gasteiger partial charge in [0.2, 0.25) is 0 Å². The fourth-order valence-corrected chi connectivity index (χ4v) is 6.10. The molecule has 0 bridgehead atoms. The molecule has 0 N–H and O–H groups in total. The number of hydrogen-bond acceptors (Lipinski definition) is 10. The van der Waals surface area contributed by atoms with Gasteiger partial charge in [-0.3, -0.25) is 19.2 Å². The number of benzene rings is 2. The van der Waals surface area contributed by atoms with Gasteiger partial charge in [-0.15, -0.1) is 0 Å². The minimum atomic E-state index is -0.533. The van der Waals surface area contributed by atoms with Crippen LogP contribution in [0.3, 0.4) is 0 Å². The lowest BCUT2D eigenvalue weighted by atomic mass is 10.1. The van der Waals surface area contributed by atoms with Crippen LogP contribution in [0.4, 0.5) is 0 Å². The molecule has 0 unspecified atom stereocenters. The summed E-state index contributed by atoms with van der Waals surface area (Å²) in [5.74, 6) is 1.06. The lowest BCUT2D eigenvalue weighted by molar-refractivity contribution is -0.156. The summed E-state index contributed by atoms with van der Waals surface area (Å²) in [5, 5.41) is 0. The molecular formula is C51H76O10. The van der Waals surface area contributed by atoms with Crippen molar-refractivity contribution < 1.29 is 47.6 Å².